The Morgan fingerprint density at radius 2 is 1.54 bits per heavy atom. The maximum Gasteiger partial charge on any atom is 0.408 e. The summed E-state index contributed by atoms with van der Waals surface area (Å²) < 4.78 is 33.9. The summed E-state index contributed by atoms with van der Waals surface area (Å²) in [7, 11) is 0.0834. The fourth-order valence-electron chi connectivity index (χ4n) is 4.64. The molecule has 0 unspecified atom stereocenters. The van der Waals surface area contributed by atoms with Gasteiger partial charge in [-0.05, 0) is 37.0 Å². The van der Waals surface area contributed by atoms with Crippen LogP contribution in [-0.2, 0) is 35.8 Å². The average Bonchev–Trinajstić information content (AvgIpc) is 3.03. The van der Waals surface area contributed by atoms with E-state index in [0.29, 0.717) is 31.2 Å². The van der Waals surface area contributed by atoms with Crippen molar-refractivity contribution in [1.29, 1.82) is 0 Å². The number of unbranched alkanes of at least 4 members (excludes halogenated alkanes) is 2. The average molecular weight is 655 g/mol. The van der Waals surface area contributed by atoms with Crippen molar-refractivity contribution in [2.75, 3.05) is 38.6 Å². The van der Waals surface area contributed by atoms with Gasteiger partial charge in [-0.25, -0.2) is 17.9 Å². The third-order valence-corrected chi connectivity index (χ3v) is 8.54. The van der Waals surface area contributed by atoms with Gasteiger partial charge in [0.15, 0.2) is 0 Å². The Bertz CT molecular complexity index is 1600. The number of sulfonamides is 1. The van der Waals surface area contributed by atoms with Crippen LogP contribution in [0.1, 0.15) is 37.7 Å². The molecule has 14 heteroatoms. The fourth-order valence-corrected chi connectivity index (χ4v) is 5.94. The lowest BCUT2D eigenvalue weighted by Gasteiger charge is -2.18. The van der Waals surface area contributed by atoms with Crippen LogP contribution in [0.15, 0.2) is 71.6 Å². The number of amides is 4. The van der Waals surface area contributed by atoms with Crippen molar-refractivity contribution in [1.82, 2.24) is 20.7 Å². The van der Waals surface area contributed by atoms with Crippen molar-refractivity contribution in [2.24, 2.45) is 5.73 Å². The summed E-state index contributed by atoms with van der Waals surface area (Å²) in [6.07, 6.45) is 0.740. The summed E-state index contributed by atoms with van der Waals surface area (Å²) in [6.45, 7) is 0.219. The van der Waals surface area contributed by atoms with Gasteiger partial charge in [-0.3, -0.25) is 14.4 Å². The molecule has 3 aromatic carbocycles. The number of nitrogens with zero attached hydrogens (tertiary/aromatic N) is 1. The van der Waals surface area contributed by atoms with Crippen molar-refractivity contribution in [3.05, 3.63) is 72.3 Å². The van der Waals surface area contributed by atoms with Crippen LogP contribution in [0.25, 0.3) is 10.8 Å². The van der Waals surface area contributed by atoms with Crippen molar-refractivity contribution < 1.29 is 32.3 Å². The third kappa shape index (κ3) is 11.3. The Morgan fingerprint density at radius 3 is 2.26 bits per heavy atom. The highest BCUT2D eigenvalue weighted by Crippen LogP contribution is 2.30. The van der Waals surface area contributed by atoms with E-state index in [0.717, 1.165) is 16.6 Å². The molecule has 1 atom stereocenters. The molecule has 4 amide bonds. The van der Waals surface area contributed by atoms with Gasteiger partial charge in [-0.1, -0.05) is 61.0 Å². The normalized spacial score (nSPS) is 11.8. The van der Waals surface area contributed by atoms with Gasteiger partial charge >= 0.3 is 6.09 Å². The zero-order valence-corrected chi connectivity index (χ0v) is 26.9. The fraction of sp³-hybridized carbons (Fsp3) is 0.375. The van der Waals surface area contributed by atoms with E-state index in [4.69, 9.17) is 10.5 Å². The monoisotopic (exact) mass is 654 g/mol. The van der Waals surface area contributed by atoms with Gasteiger partial charge in [-0.15, -0.1) is 0 Å². The second-order valence-corrected chi connectivity index (χ2v) is 12.5. The van der Waals surface area contributed by atoms with E-state index in [1.54, 1.807) is 42.5 Å². The molecule has 13 nitrogen and oxygen atoms in total. The van der Waals surface area contributed by atoms with Crippen molar-refractivity contribution in [3.8, 4) is 0 Å². The molecule has 0 heterocycles. The summed E-state index contributed by atoms with van der Waals surface area (Å²) >= 11 is 0. The Hall–Kier alpha value is -4.69. The summed E-state index contributed by atoms with van der Waals surface area (Å²) in [5.74, 6) is -1.75. The number of alkyl carbamates (subject to hydrolysis) is 1. The van der Waals surface area contributed by atoms with Gasteiger partial charge in [0.05, 0.1) is 11.4 Å². The van der Waals surface area contributed by atoms with Crippen LogP contribution in [-0.4, -0.2) is 72.0 Å². The Kier molecular flexibility index (Phi) is 13.8. The summed E-state index contributed by atoms with van der Waals surface area (Å²) in [5.41, 5.74) is 6.88. The highest BCUT2D eigenvalue weighted by Gasteiger charge is 2.23. The Balaban J connectivity index is 1.36. The standard InChI is InChI=1S/C32H42N6O7S/c1-38(2)27-15-9-14-25-24(27)13-10-16-28(25)46(43,44)36-20-8-4-7-19-34-30(40)21-35-31(41)26(17-18-29(33)39)37-32(42)45-22-23-11-5-3-6-12-23/h3,5-6,9-16,26,36H,4,7-8,17-22H2,1-2H3,(H2,33,39)(H,34,40)(H,35,41)(H,37,42)/t26-/m0/s1. The lowest BCUT2D eigenvalue weighted by molar-refractivity contribution is -0.127. The largest absolute Gasteiger partial charge is 0.445 e. The number of ether oxygens (including phenoxy) is 1. The second-order valence-electron chi connectivity index (χ2n) is 10.8. The minimum Gasteiger partial charge on any atom is -0.445 e. The lowest BCUT2D eigenvalue weighted by Crippen LogP contribution is -2.49. The number of anilines is 1. The molecule has 0 aliphatic carbocycles. The van der Waals surface area contributed by atoms with E-state index in [9.17, 15) is 27.6 Å². The number of fused-ring (bicyclic) bond motifs is 1. The Morgan fingerprint density at radius 1 is 0.848 bits per heavy atom. The first-order valence-corrected chi connectivity index (χ1v) is 16.4. The van der Waals surface area contributed by atoms with Crippen LogP contribution in [0.3, 0.4) is 0 Å². The SMILES string of the molecule is CN(C)c1cccc2c(S(=O)(=O)NCCCCCNC(=O)CNC(=O)[C@H](CCC(N)=O)NC(=O)OCc3ccccc3)cccc12. The molecule has 0 spiro atoms. The summed E-state index contributed by atoms with van der Waals surface area (Å²) in [4.78, 5) is 50.5. The van der Waals surface area contributed by atoms with Gasteiger partial charge in [0.2, 0.25) is 27.7 Å². The predicted molar refractivity (Wildman–Crippen MR) is 175 cm³/mol. The molecule has 0 fully saturated rings. The molecule has 0 aliphatic rings. The van der Waals surface area contributed by atoms with Crippen LogP contribution in [0.5, 0.6) is 0 Å². The highest BCUT2D eigenvalue weighted by molar-refractivity contribution is 7.89. The first-order valence-electron chi connectivity index (χ1n) is 15.0. The van der Waals surface area contributed by atoms with Crippen molar-refractivity contribution in [2.45, 2.75) is 49.6 Å². The van der Waals surface area contributed by atoms with Gasteiger partial charge < -0.3 is 31.3 Å². The molecule has 0 saturated heterocycles. The number of hydrogen-bond acceptors (Lipinski definition) is 8. The molecule has 46 heavy (non-hydrogen) atoms. The molecular weight excluding hydrogens is 612 g/mol. The number of carbonyl (C=O) groups excluding carboxylic acids is 4. The van der Waals surface area contributed by atoms with Crippen molar-refractivity contribution >= 4 is 50.3 Å². The smallest absolute Gasteiger partial charge is 0.408 e. The van der Waals surface area contributed by atoms with E-state index in [-0.39, 0.29) is 37.4 Å². The first-order chi connectivity index (χ1) is 22.0. The quantitative estimate of drug-likeness (QED) is 0.129. The maximum absolute atomic E-state index is 13.0. The first kappa shape index (κ1) is 35.8. The molecule has 0 aromatic heterocycles. The number of primary amides is 1. The highest BCUT2D eigenvalue weighted by atomic mass is 32.2. The maximum atomic E-state index is 13.0. The molecule has 0 saturated carbocycles. The number of hydrogen-bond donors (Lipinski definition) is 5. The second kappa shape index (κ2) is 17.7. The zero-order chi connectivity index (χ0) is 33.5. The summed E-state index contributed by atoms with van der Waals surface area (Å²) in [5, 5.41) is 9.05. The van der Waals surface area contributed by atoms with Crippen LogP contribution in [0, 0.1) is 0 Å². The minimum absolute atomic E-state index is 0.00681. The topological polar surface area (TPSA) is 189 Å². The molecule has 248 valence electrons. The van der Waals surface area contributed by atoms with Gasteiger partial charge in [0.1, 0.15) is 12.6 Å². The lowest BCUT2D eigenvalue weighted by atomic mass is 10.1. The number of rotatable bonds is 18. The van der Waals surface area contributed by atoms with Crippen molar-refractivity contribution in [3.63, 3.8) is 0 Å². The zero-order valence-electron chi connectivity index (χ0n) is 26.1. The van der Waals surface area contributed by atoms with Gasteiger partial charge in [-0.2, -0.15) is 0 Å². The molecule has 6 N–H and O–H groups in total. The van der Waals surface area contributed by atoms with Crippen LogP contribution >= 0.6 is 0 Å². The molecular formula is C32H42N6O7S. The minimum atomic E-state index is -3.73. The predicted octanol–water partition coefficient (Wildman–Crippen LogP) is 2.15. The van der Waals surface area contributed by atoms with E-state index in [2.05, 4.69) is 20.7 Å². The molecule has 0 bridgehead atoms. The number of carbonyl (C=O) groups is 4. The molecule has 0 aliphatic heterocycles. The van der Waals surface area contributed by atoms with Crippen LogP contribution in [0.4, 0.5) is 10.5 Å². The van der Waals surface area contributed by atoms with Gasteiger partial charge in [0.25, 0.3) is 0 Å². The number of benzene rings is 3. The molecule has 3 rings (SSSR count). The van der Waals surface area contributed by atoms with E-state index in [1.165, 1.54) is 0 Å². The summed E-state index contributed by atoms with van der Waals surface area (Å²) in [6, 6.07) is 18.6. The van der Waals surface area contributed by atoms with Gasteiger partial charge in [0, 0.05) is 50.1 Å². The molecule has 0 radical (unpaired) electrons. The molecule has 3 aromatic rings. The van der Waals surface area contributed by atoms with Crippen LogP contribution < -0.4 is 31.3 Å². The van der Waals surface area contributed by atoms with E-state index >= 15 is 0 Å². The van der Waals surface area contributed by atoms with E-state index in [1.807, 2.05) is 43.3 Å². The van der Waals surface area contributed by atoms with Crippen LogP contribution in [0.2, 0.25) is 0 Å². The Labute approximate surface area is 269 Å². The number of nitrogens with one attached hydrogen (secondary N) is 4. The third-order valence-electron chi connectivity index (χ3n) is 7.02. The van der Waals surface area contributed by atoms with E-state index < -0.39 is 39.9 Å². The number of nitrogens with two attached hydrogens (primary N) is 1.